The second kappa shape index (κ2) is 8.97. The molecule has 2 aliphatic rings. The van der Waals surface area contributed by atoms with Gasteiger partial charge in [0.25, 0.3) is 0 Å². The van der Waals surface area contributed by atoms with Crippen LogP contribution in [0.25, 0.3) is 0 Å². The predicted molar refractivity (Wildman–Crippen MR) is 78.8 cm³/mol. The number of likely N-dealkylation sites (tertiary alicyclic amines) is 1. The average molecular weight is 298 g/mol. The van der Waals surface area contributed by atoms with E-state index in [0.717, 1.165) is 32.7 Å². The van der Waals surface area contributed by atoms with Gasteiger partial charge in [-0.2, -0.15) is 0 Å². The molecule has 0 aromatic heterocycles. The minimum Gasteiger partial charge on any atom is -0.339 e. The number of nitrogens with one attached hydrogen (secondary N) is 1. The lowest BCUT2D eigenvalue weighted by atomic mass is 10.0. The smallest absolute Gasteiger partial charge is 0.236 e. The summed E-state index contributed by atoms with van der Waals surface area (Å²) in [5.74, 6) is 0.328. The lowest BCUT2D eigenvalue weighted by Crippen LogP contribution is -2.51. The molecule has 108 valence electrons. The second-order valence-electron chi connectivity index (χ2n) is 4.96. The van der Waals surface area contributed by atoms with Crippen LogP contribution >= 0.6 is 24.8 Å². The fourth-order valence-corrected chi connectivity index (χ4v) is 2.62. The third-order valence-corrected chi connectivity index (χ3v) is 3.69. The van der Waals surface area contributed by atoms with Crippen molar-refractivity contribution < 1.29 is 4.79 Å². The largest absolute Gasteiger partial charge is 0.339 e. The van der Waals surface area contributed by atoms with Crippen LogP contribution in [0.1, 0.15) is 26.2 Å². The van der Waals surface area contributed by atoms with Crippen LogP contribution in [0.5, 0.6) is 0 Å². The third-order valence-electron chi connectivity index (χ3n) is 3.69. The molecule has 0 saturated carbocycles. The summed E-state index contributed by atoms with van der Waals surface area (Å²) in [4.78, 5) is 16.5. The molecule has 2 saturated heterocycles. The first-order valence-corrected chi connectivity index (χ1v) is 6.50. The Hall–Kier alpha value is -0.0300. The number of carbonyl (C=O) groups excluding carboxylic acids is 1. The molecule has 0 bridgehead atoms. The summed E-state index contributed by atoms with van der Waals surface area (Å²) < 4.78 is 0. The molecule has 0 aliphatic carbocycles. The molecule has 0 radical (unpaired) electrons. The standard InChI is InChI=1S/C12H23N3O.2ClH/c1-11-4-2-3-7-15(11)12(16)10-14-8-5-13-6-9-14;;/h11,13H,2-10H2,1H3;2*1H. The fraction of sp³-hybridized carbons (Fsp3) is 0.917. The van der Waals surface area contributed by atoms with Crippen LogP contribution in [0, 0.1) is 0 Å². The van der Waals surface area contributed by atoms with Crippen LogP contribution in [0.2, 0.25) is 0 Å². The molecule has 1 unspecified atom stereocenters. The van der Waals surface area contributed by atoms with Crippen LogP contribution in [0.15, 0.2) is 0 Å². The first kappa shape index (κ1) is 18.0. The monoisotopic (exact) mass is 297 g/mol. The van der Waals surface area contributed by atoms with E-state index in [1.165, 1.54) is 19.3 Å². The Morgan fingerprint density at radius 2 is 1.83 bits per heavy atom. The number of hydrogen-bond donors (Lipinski definition) is 1. The van der Waals surface area contributed by atoms with E-state index in [-0.39, 0.29) is 24.8 Å². The van der Waals surface area contributed by atoms with E-state index < -0.39 is 0 Å². The molecule has 0 spiro atoms. The van der Waals surface area contributed by atoms with Crippen molar-refractivity contribution in [3.05, 3.63) is 0 Å². The van der Waals surface area contributed by atoms with E-state index in [4.69, 9.17) is 0 Å². The Morgan fingerprint density at radius 1 is 1.17 bits per heavy atom. The van der Waals surface area contributed by atoms with Gasteiger partial charge >= 0.3 is 0 Å². The van der Waals surface area contributed by atoms with E-state index in [0.29, 0.717) is 18.5 Å². The SMILES string of the molecule is CC1CCCCN1C(=O)CN1CCNCC1.Cl.Cl. The van der Waals surface area contributed by atoms with Crippen molar-refractivity contribution in [2.24, 2.45) is 0 Å². The number of nitrogens with zero attached hydrogens (tertiary/aromatic N) is 2. The van der Waals surface area contributed by atoms with Gasteiger partial charge in [0.05, 0.1) is 6.54 Å². The van der Waals surface area contributed by atoms with E-state index in [1.807, 2.05) is 0 Å². The molecular weight excluding hydrogens is 273 g/mol. The van der Waals surface area contributed by atoms with E-state index >= 15 is 0 Å². The Balaban J connectivity index is 0.00000144. The number of hydrogen-bond acceptors (Lipinski definition) is 3. The minimum atomic E-state index is 0. The van der Waals surface area contributed by atoms with Gasteiger partial charge < -0.3 is 10.2 Å². The highest BCUT2D eigenvalue weighted by Crippen LogP contribution is 2.16. The highest BCUT2D eigenvalue weighted by atomic mass is 35.5. The van der Waals surface area contributed by atoms with Crippen LogP contribution in [0.4, 0.5) is 0 Å². The summed E-state index contributed by atoms with van der Waals surface area (Å²) in [5.41, 5.74) is 0. The maximum absolute atomic E-state index is 12.1. The summed E-state index contributed by atoms with van der Waals surface area (Å²) in [6, 6.07) is 0.448. The van der Waals surface area contributed by atoms with Crippen molar-refractivity contribution in [1.29, 1.82) is 0 Å². The van der Waals surface area contributed by atoms with Gasteiger partial charge in [0.1, 0.15) is 0 Å². The molecule has 2 heterocycles. The molecule has 18 heavy (non-hydrogen) atoms. The van der Waals surface area contributed by atoms with Crippen LogP contribution in [0.3, 0.4) is 0 Å². The second-order valence-corrected chi connectivity index (χ2v) is 4.96. The van der Waals surface area contributed by atoms with Gasteiger partial charge in [0, 0.05) is 38.8 Å². The molecule has 1 amide bonds. The highest BCUT2D eigenvalue weighted by molar-refractivity contribution is 5.85. The van der Waals surface area contributed by atoms with Gasteiger partial charge in [-0.15, -0.1) is 24.8 Å². The van der Waals surface area contributed by atoms with E-state index in [9.17, 15) is 4.79 Å². The number of carbonyl (C=O) groups is 1. The van der Waals surface area contributed by atoms with Crippen molar-refractivity contribution in [1.82, 2.24) is 15.1 Å². The zero-order chi connectivity index (χ0) is 11.4. The summed E-state index contributed by atoms with van der Waals surface area (Å²) in [6.45, 7) is 7.81. The van der Waals surface area contributed by atoms with Crippen LogP contribution in [-0.2, 0) is 4.79 Å². The Morgan fingerprint density at radius 3 is 2.44 bits per heavy atom. The van der Waals surface area contributed by atoms with Gasteiger partial charge in [-0.05, 0) is 26.2 Å². The molecule has 2 fully saturated rings. The van der Waals surface area contributed by atoms with Gasteiger partial charge in [0.15, 0.2) is 0 Å². The zero-order valence-corrected chi connectivity index (χ0v) is 12.7. The van der Waals surface area contributed by atoms with Crippen LogP contribution < -0.4 is 5.32 Å². The first-order valence-electron chi connectivity index (χ1n) is 6.50. The summed E-state index contributed by atoms with van der Waals surface area (Å²) in [5, 5.41) is 3.31. The highest BCUT2D eigenvalue weighted by Gasteiger charge is 2.24. The third kappa shape index (κ3) is 4.92. The van der Waals surface area contributed by atoms with Crippen molar-refractivity contribution in [2.75, 3.05) is 39.3 Å². The van der Waals surface area contributed by atoms with Crippen molar-refractivity contribution in [3.63, 3.8) is 0 Å². The van der Waals surface area contributed by atoms with Gasteiger partial charge in [-0.25, -0.2) is 0 Å². The molecule has 2 aliphatic heterocycles. The molecule has 0 aromatic carbocycles. The summed E-state index contributed by atoms with van der Waals surface area (Å²) >= 11 is 0. The Kier molecular flexibility index (Phi) is 8.95. The summed E-state index contributed by atoms with van der Waals surface area (Å²) in [7, 11) is 0. The number of rotatable bonds is 2. The molecular formula is C12H25Cl2N3O. The molecule has 1 N–H and O–H groups in total. The number of piperazine rings is 1. The molecule has 4 nitrogen and oxygen atoms in total. The number of halogens is 2. The van der Waals surface area contributed by atoms with Crippen LogP contribution in [-0.4, -0.2) is 61.0 Å². The van der Waals surface area contributed by atoms with Gasteiger partial charge in [0.2, 0.25) is 5.91 Å². The maximum Gasteiger partial charge on any atom is 0.236 e. The average Bonchev–Trinajstić information content (AvgIpc) is 2.31. The number of amides is 1. The molecule has 0 aromatic rings. The number of piperidine rings is 1. The zero-order valence-electron chi connectivity index (χ0n) is 11.1. The fourth-order valence-electron chi connectivity index (χ4n) is 2.62. The lowest BCUT2D eigenvalue weighted by molar-refractivity contribution is -0.135. The minimum absolute atomic E-state index is 0. The predicted octanol–water partition coefficient (Wildman–Crippen LogP) is 1.14. The Bertz CT molecular complexity index is 247. The lowest BCUT2D eigenvalue weighted by Gasteiger charge is -2.36. The first-order chi connectivity index (χ1) is 7.77. The topological polar surface area (TPSA) is 35.6 Å². The Labute approximate surface area is 122 Å². The maximum atomic E-state index is 12.1. The van der Waals surface area contributed by atoms with Gasteiger partial charge in [-0.3, -0.25) is 9.69 Å². The van der Waals surface area contributed by atoms with E-state index in [2.05, 4.69) is 22.0 Å². The van der Waals surface area contributed by atoms with Gasteiger partial charge in [-0.1, -0.05) is 0 Å². The summed E-state index contributed by atoms with van der Waals surface area (Å²) in [6.07, 6.45) is 3.63. The normalized spacial score (nSPS) is 24.9. The van der Waals surface area contributed by atoms with Crippen molar-refractivity contribution in [2.45, 2.75) is 32.2 Å². The molecule has 2 rings (SSSR count). The van der Waals surface area contributed by atoms with E-state index in [1.54, 1.807) is 0 Å². The molecule has 6 heteroatoms. The molecule has 1 atom stereocenters. The quantitative estimate of drug-likeness (QED) is 0.830. The van der Waals surface area contributed by atoms with Crippen molar-refractivity contribution in [3.8, 4) is 0 Å². The van der Waals surface area contributed by atoms with Crippen molar-refractivity contribution >= 4 is 30.7 Å².